The molecular formula is C38H58O11. The van der Waals surface area contributed by atoms with Crippen LogP contribution in [0.5, 0.6) is 0 Å². The van der Waals surface area contributed by atoms with Crippen molar-refractivity contribution < 1.29 is 54.4 Å². The van der Waals surface area contributed by atoms with Gasteiger partial charge in [0, 0.05) is 17.8 Å². The Bertz CT molecular complexity index is 1430. The van der Waals surface area contributed by atoms with Gasteiger partial charge >= 0.3 is 5.97 Å². The van der Waals surface area contributed by atoms with E-state index in [4.69, 9.17) is 18.9 Å². The third-order valence-electron chi connectivity index (χ3n) is 15.0. The fourth-order valence-corrected chi connectivity index (χ4v) is 12.5. The molecule has 5 aliphatic carbocycles. The second kappa shape index (κ2) is 11.2. The van der Waals surface area contributed by atoms with Crippen molar-refractivity contribution in [1.82, 2.24) is 0 Å². The molecule has 0 radical (unpaired) electrons. The van der Waals surface area contributed by atoms with Crippen LogP contribution < -0.4 is 0 Å². The topological polar surface area (TPSA) is 175 Å². The first-order valence-corrected chi connectivity index (χ1v) is 18.4. The summed E-state index contributed by atoms with van der Waals surface area (Å²) in [4.78, 5) is 12.1. The van der Waals surface area contributed by atoms with Crippen molar-refractivity contribution >= 4 is 5.97 Å². The second-order valence-electron chi connectivity index (χ2n) is 18.2. The van der Waals surface area contributed by atoms with Crippen LogP contribution in [-0.2, 0) is 23.7 Å². The Morgan fingerprint density at radius 1 is 1.10 bits per heavy atom. The summed E-state index contributed by atoms with van der Waals surface area (Å²) in [5.74, 6) is 0.452. The Kier molecular flexibility index (Phi) is 8.20. The third-order valence-corrected chi connectivity index (χ3v) is 15.0. The van der Waals surface area contributed by atoms with Gasteiger partial charge in [-0.1, -0.05) is 46.3 Å². The molecular weight excluding hydrogens is 632 g/mol. The Morgan fingerprint density at radius 3 is 2.43 bits per heavy atom. The molecule has 7 aliphatic rings. The third kappa shape index (κ3) is 4.65. The smallest absolute Gasteiger partial charge is 0.303 e. The minimum atomic E-state index is -1.36. The Labute approximate surface area is 289 Å². The molecule has 15 unspecified atom stereocenters. The standard InChI is InChI=1S/C38H58O11/c1-18-15-21(31(34(5,6)45)46-19(2)40)47-29-25(18)35(7)13-14-38-17-37(38)12-11-24(48-32-27(43)26(42)28(49-32)20(41)16-39)33(3,4)22(37)9-10-23(38)36(35,8)30(29)44/h10,18,20-22,24,26-28,30-32,39,41-45H,9,11-17H2,1-8H3. The summed E-state index contributed by atoms with van der Waals surface area (Å²) in [5.41, 5.74) is -0.0435. The van der Waals surface area contributed by atoms with E-state index in [1.54, 1.807) is 13.8 Å². The molecule has 0 bridgehead atoms. The van der Waals surface area contributed by atoms with E-state index < -0.39 is 72.6 Å². The number of rotatable bonds is 7. The Morgan fingerprint density at radius 2 is 1.80 bits per heavy atom. The van der Waals surface area contributed by atoms with Crippen molar-refractivity contribution in [3.05, 3.63) is 23.0 Å². The molecule has 11 heteroatoms. The molecule has 276 valence electrons. The van der Waals surface area contributed by atoms with Gasteiger partial charge in [-0.3, -0.25) is 4.79 Å². The summed E-state index contributed by atoms with van der Waals surface area (Å²) in [6.45, 7) is 15.1. The van der Waals surface area contributed by atoms with Gasteiger partial charge in [0.15, 0.2) is 12.4 Å². The zero-order valence-corrected chi connectivity index (χ0v) is 30.3. The normalized spacial score (nSPS) is 49.3. The first kappa shape index (κ1) is 35.8. The number of aliphatic hydroxyl groups is 6. The molecule has 0 aromatic heterocycles. The minimum absolute atomic E-state index is 0.0477. The van der Waals surface area contributed by atoms with E-state index >= 15 is 0 Å². The van der Waals surface area contributed by atoms with Gasteiger partial charge in [-0.2, -0.15) is 0 Å². The first-order valence-electron chi connectivity index (χ1n) is 18.4. The molecule has 2 spiro atoms. The van der Waals surface area contributed by atoms with Crippen LogP contribution >= 0.6 is 0 Å². The lowest BCUT2D eigenvalue weighted by Gasteiger charge is -2.60. The molecule has 7 rings (SSSR count). The molecule has 1 saturated heterocycles. The number of ether oxygens (including phenoxy) is 4. The summed E-state index contributed by atoms with van der Waals surface area (Å²) in [6.07, 6.45) is -0.419. The molecule has 15 atom stereocenters. The number of hydrogen-bond acceptors (Lipinski definition) is 11. The zero-order chi connectivity index (χ0) is 35.9. The number of hydrogen-bond donors (Lipinski definition) is 6. The fraction of sp³-hybridized carbons (Fsp3) is 0.868. The van der Waals surface area contributed by atoms with E-state index in [2.05, 4.69) is 40.7 Å². The van der Waals surface area contributed by atoms with Crippen molar-refractivity contribution in [2.45, 2.75) is 161 Å². The lowest BCUT2D eigenvalue weighted by atomic mass is 9.44. The zero-order valence-electron chi connectivity index (χ0n) is 30.3. The van der Waals surface area contributed by atoms with Gasteiger partial charge < -0.3 is 49.6 Å². The lowest BCUT2D eigenvalue weighted by molar-refractivity contribution is -0.240. The van der Waals surface area contributed by atoms with Crippen LogP contribution in [0.15, 0.2) is 23.0 Å². The van der Waals surface area contributed by atoms with Gasteiger partial charge in [0.05, 0.1) is 18.3 Å². The molecule has 0 aromatic carbocycles. The summed E-state index contributed by atoms with van der Waals surface area (Å²) in [7, 11) is 0. The van der Waals surface area contributed by atoms with E-state index in [1.165, 1.54) is 12.5 Å². The maximum atomic E-state index is 12.4. The molecule has 2 heterocycles. The van der Waals surface area contributed by atoms with Gasteiger partial charge in [0.2, 0.25) is 0 Å². The van der Waals surface area contributed by atoms with E-state index in [0.29, 0.717) is 12.2 Å². The average molecular weight is 691 g/mol. The van der Waals surface area contributed by atoms with Crippen molar-refractivity contribution in [2.24, 2.45) is 38.9 Å². The minimum Gasteiger partial charge on any atom is -0.488 e. The van der Waals surface area contributed by atoms with Crippen LogP contribution in [0.3, 0.4) is 0 Å². The van der Waals surface area contributed by atoms with Crippen LogP contribution in [0.2, 0.25) is 0 Å². The predicted molar refractivity (Wildman–Crippen MR) is 176 cm³/mol. The van der Waals surface area contributed by atoms with E-state index in [1.807, 2.05) is 0 Å². The molecule has 6 N–H and O–H groups in total. The summed E-state index contributed by atoms with van der Waals surface area (Å²) in [6, 6.07) is 0. The van der Waals surface area contributed by atoms with Gasteiger partial charge in [0.1, 0.15) is 42.4 Å². The summed E-state index contributed by atoms with van der Waals surface area (Å²) in [5, 5.41) is 64.2. The van der Waals surface area contributed by atoms with Gasteiger partial charge in [-0.05, 0) is 92.4 Å². The van der Waals surface area contributed by atoms with Gasteiger partial charge in [0.25, 0.3) is 0 Å². The lowest BCUT2D eigenvalue weighted by Crippen LogP contribution is -2.56. The highest BCUT2D eigenvalue weighted by Crippen LogP contribution is 2.88. The van der Waals surface area contributed by atoms with Gasteiger partial charge in [-0.15, -0.1) is 0 Å². The van der Waals surface area contributed by atoms with Crippen LogP contribution in [0.25, 0.3) is 0 Å². The molecule has 3 saturated carbocycles. The fourth-order valence-electron chi connectivity index (χ4n) is 12.5. The first-order chi connectivity index (χ1) is 22.7. The van der Waals surface area contributed by atoms with E-state index in [0.717, 1.165) is 44.1 Å². The molecule has 4 fully saturated rings. The van der Waals surface area contributed by atoms with Crippen LogP contribution in [0.4, 0.5) is 0 Å². The van der Waals surface area contributed by atoms with Crippen molar-refractivity contribution in [1.29, 1.82) is 0 Å². The second-order valence-corrected chi connectivity index (χ2v) is 18.2. The highest BCUT2D eigenvalue weighted by Gasteiger charge is 2.82. The maximum Gasteiger partial charge on any atom is 0.303 e. The predicted octanol–water partition coefficient (Wildman–Crippen LogP) is 2.88. The summed E-state index contributed by atoms with van der Waals surface area (Å²) < 4.78 is 24.5. The number of allylic oxidation sites excluding steroid dienone is 2. The van der Waals surface area contributed by atoms with Crippen LogP contribution in [0.1, 0.15) is 100 Å². The van der Waals surface area contributed by atoms with E-state index in [9.17, 15) is 35.4 Å². The number of aliphatic hydroxyl groups excluding tert-OH is 5. The highest BCUT2D eigenvalue weighted by molar-refractivity contribution is 5.66. The average Bonchev–Trinajstić information content (AvgIpc) is 3.55. The quantitative estimate of drug-likeness (QED) is 0.171. The number of carbonyl (C=O) groups excluding carboxylic acids is 1. The molecule has 49 heavy (non-hydrogen) atoms. The maximum absolute atomic E-state index is 12.4. The number of carbonyl (C=O) groups is 1. The summed E-state index contributed by atoms with van der Waals surface area (Å²) >= 11 is 0. The Hall–Kier alpha value is -1.57. The van der Waals surface area contributed by atoms with Crippen LogP contribution in [0, 0.1) is 38.9 Å². The molecule has 0 amide bonds. The SMILES string of the molecule is CC(=O)OC(C1CC(C)C2=C(O1)C(O)C1(C)C3=CCC4C(C)(C)C(OC5OC(C(O)CO)C(O)C5O)CCC45CC35CCC21C)C(C)(C)O. The van der Waals surface area contributed by atoms with Gasteiger partial charge in [-0.25, -0.2) is 0 Å². The van der Waals surface area contributed by atoms with E-state index in [-0.39, 0.29) is 39.6 Å². The van der Waals surface area contributed by atoms with Crippen molar-refractivity contribution in [2.75, 3.05) is 6.61 Å². The highest BCUT2D eigenvalue weighted by atomic mass is 16.7. The monoisotopic (exact) mass is 690 g/mol. The number of esters is 1. The van der Waals surface area contributed by atoms with Crippen LogP contribution in [-0.4, -0.2) is 104 Å². The van der Waals surface area contributed by atoms with Crippen molar-refractivity contribution in [3.8, 4) is 0 Å². The number of fused-ring (bicyclic) bond motifs is 3. The molecule has 11 nitrogen and oxygen atoms in total. The molecule has 0 aromatic rings. The Balaban J connectivity index is 1.16. The van der Waals surface area contributed by atoms with Crippen molar-refractivity contribution in [3.63, 3.8) is 0 Å². The molecule has 2 aliphatic heterocycles. The largest absolute Gasteiger partial charge is 0.488 e.